The highest BCUT2D eigenvalue weighted by atomic mass is 35.5. The first-order valence-electron chi connectivity index (χ1n) is 11.0. The minimum atomic E-state index is -4.96. The molecule has 0 saturated carbocycles. The predicted octanol–water partition coefficient (Wildman–Crippen LogP) is 2.47. The number of halogens is 4. The van der Waals surface area contributed by atoms with E-state index >= 15 is 0 Å². The Morgan fingerprint density at radius 1 is 1.18 bits per heavy atom. The van der Waals surface area contributed by atoms with Crippen LogP contribution in [-0.2, 0) is 17.8 Å². The van der Waals surface area contributed by atoms with Crippen molar-refractivity contribution in [3.05, 3.63) is 75.8 Å². The highest BCUT2D eigenvalue weighted by Crippen LogP contribution is 2.24. The maximum Gasteiger partial charge on any atom is 0.416 e. The van der Waals surface area contributed by atoms with E-state index in [0.717, 1.165) is 4.68 Å². The second-order valence-corrected chi connectivity index (χ2v) is 8.44. The smallest absolute Gasteiger partial charge is 0.416 e. The minimum Gasteiger partial charge on any atom is -0.438 e. The highest BCUT2D eigenvalue weighted by Gasteiger charge is 2.39. The number of rotatable bonds is 8. The van der Waals surface area contributed by atoms with Gasteiger partial charge in [-0.1, -0.05) is 17.7 Å². The van der Waals surface area contributed by atoms with Crippen molar-refractivity contribution in [3.63, 3.8) is 0 Å². The number of aromatic nitrogens is 7. The van der Waals surface area contributed by atoms with Crippen LogP contribution < -0.4 is 11.4 Å². The van der Waals surface area contributed by atoms with E-state index < -0.39 is 36.7 Å². The Bertz CT molecular complexity index is 1490. The predicted molar refractivity (Wildman–Crippen MR) is 126 cm³/mol. The van der Waals surface area contributed by atoms with E-state index in [1.54, 1.807) is 18.2 Å². The Labute approximate surface area is 217 Å². The number of benzene rings is 1. The number of pyridine rings is 1. The van der Waals surface area contributed by atoms with Gasteiger partial charge in [0.05, 0.1) is 6.54 Å². The van der Waals surface area contributed by atoms with E-state index in [2.05, 4.69) is 20.2 Å². The molecule has 38 heavy (non-hydrogen) atoms. The first-order valence-corrected chi connectivity index (χ1v) is 11.3. The van der Waals surface area contributed by atoms with Crippen molar-refractivity contribution in [1.82, 2.24) is 34.1 Å². The molecule has 3 heterocycles. The molecule has 4 aromatic rings. The van der Waals surface area contributed by atoms with Crippen molar-refractivity contribution < 1.29 is 27.8 Å². The number of aliphatic hydroxyl groups excluding tert-OH is 1. The van der Waals surface area contributed by atoms with Gasteiger partial charge in [-0.05, 0) is 43.3 Å². The van der Waals surface area contributed by atoms with E-state index in [1.165, 1.54) is 42.1 Å². The third kappa shape index (κ3) is 5.84. The van der Waals surface area contributed by atoms with Crippen molar-refractivity contribution >= 4 is 17.7 Å². The zero-order valence-electron chi connectivity index (χ0n) is 19.6. The SMILES string of the molecule is C[C@@H](OC(N)=O)c1nc(Cn2nc(-c3ccc(Cl)cc3)n(C[C@H](O)C(F)(F)F)c2=O)nn1-c1ccccn1. The molecule has 0 aliphatic carbocycles. The molecule has 3 aromatic heterocycles. The van der Waals surface area contributed by atoms with Crippen LogP contribution in [0.4, 0.5) is 18.0 Å². The number of aliphatic hydroxyl groups is 1. The molecule has 0 aliphatic heterocycles. The van der Waals surface area contributed by atoms with Gasteiger partial charge >= 0.3 is 18.0 Å². The summed E-state index contributed by atoms with van der Waals surface area (Å²) in [7, 11) is 0. The van der Waals surface area contributed by atoms with Crippen LogP contribution in [-0.4, -0.2) is 57.6 Å². The quantitative estimate of drug-likeness (QED) is 0.337. The Kier molecular flexibility index (Phi) is 7.50. The van der Waals surface area contributed by atoms with Gasteiger partial charge in [-0.15, -0.1) is 10.2 Å². The monoisotopic (exact) mass is 552 g/mol. The lowest BCUT2D eigenvalue weighted by Crippen LogP contribution is -2.37. The molecule has 12 nitrogen and oxygen atoms in total. The Morgan fingerprint density at radius 3 is 2.50 bits per heavy atom. The van der Waals surface area contributed by atoms with Crippen LogP contribution >= 0.6 is 11.6 Å². The molecular formula is C22H20ClF3N8O4. The number of amides is 1. The lowest BCUT2D eigenvalue weighted by Gasteiger charge is -2.15. The third-order valence-electron chi connectivity index (χ3n) is 5.25. The second-order valence-electron chi connectivity index (χ2n) is 8.00. The molecule has 0 radical (unpaired) electrons. The first-order chi connectivity index (χ1) is 17.9. The van der Waals surface area contributed by atoms with Crippen LogP contribution in [0.2, 0.25) is 5.02 Å². The first kappa shape index (κ1) is 26.8. The van der Waals surface area contributed by atoms with Crippen molar-refractivity contribution in [2.24, 2.45) is 5.73 Å². The van der Waals surface area contributed by atoms with Gasteiger partial charge in [0.25, 0.3) is 0 Å². The molecular weight excluding hydrogens is 533 g/mol. The van der Waals surface area contributed by atoms with Crippen LogP contribution in [0.1, 0.15) is 24.7 Å². The number of carbonyl (C=O) groups excluding carboxylic acids is 1. The fourth-order valence-electron chi connectivity index (χ4n) is 3.50. The molecule has 0 unspecified atom stereocenters. The van der Waals surface area contributed by atoms with Gasteiger partial charge in [0.2, 0.25) is 0 Å². The molecule has 200 valence electrons. The molecule has 16 heteroatoms. The van der Waals surface area contributed by atoms with Gasteiger partial charge in [0.15, 0.2) is 35.5 Å². The topological polar surface area (TPSA) is 156 Å². The van der Waals surface area contributed by atoms with Gasteiger partial charge in [-0.2, -0.15) is 17.9 Å². The van der Waals surface area contributed by atoms with Crippen LogP contribution in [0.25, 0.3) is 17.2 Å². The number of primary amides is 1. The fraction of sp³-hybridized carbons (Fsp3) is 0.273. The Morgan fingerprint density at radius 2 is 1.89 bits per heavy atom. The van der Waals surface area contributed by atoms with Gasteiger partial charge in [-0.25, -0.2) is 24.2 Å². The Balaban J connectivity index is 1.77. The molecule has 0 saturated heterocycles. The summed E-state index contributed by atoms with van der Waals surface area (Å²) in [6.07, 6.45) is -8.30. The zero-order chi connectivity index (χ0) is 27.6. The van der Waals surface area contributed by atoms with Crippen molar-refractivity contribution in [1.29, 1.82) is 0 Å². The van der Waals surface area contributed by atoms with Crippen molar-refractivity contribution in [2.45, 2.75) is 38.4 Å². The molecule has 3 N–H and O–H groups in total. The molecule has 0 spiro atoms. The normalized spacial score (nSPS) is 13.3. The van der Waals surface area contributed by atoms with Crippen LogP contribution in [0, 0.1) is 0 Å². The van der Waals surface area contributed by atoms with E-state index in [1.807, 2.05) is 0 Å². The molecule has 1 aromatic carbocycles. The summed E-state index contributed by atoms with van der Waals surface area (Å²) in [6, 6.07) is 10.9. The lowest BCUT2D eigenvalue weighted by atomic mass is 10.2. The molecule has 0 fully saturated rings. The number of hydrogen-bond acceptors (Lipinski definition) is 8. The maximum absolute atomic E-state index is 13.1. The number of nitrogens with two attached hydrogens (primary N) is 1. The average Bonchev–Trinajstić information content (AvgIpc) is 3.41. The van der Waals surface area contributed by atoms with E-state index in [-0.39, 0.29) is 29.6 Å². The van der Waals surface area contributed by atoms with Crippen LogP contribution in [0.15, 0.2) is 53.5 Å². The fourth-order valence-corrected chi connectivity index (χ4v) is 3.63. The minimum absolute atomic E-state index is 0.0105. The second kappa shape index (κ2) is 10.6. The van der Waals surface area contributed by atoms with E-state index in [9.17, 15) is 27.9 Å². The van der Waals surface area contributed by atoms with E-state index in [0.29, 0.717) is 15.4 Å². The largest absolute Gasteiger partial charge is 0.438 e. The third-order valence-corrected chi connectivity index (χ3v) is 5.50. The number of ether oxygens (including phenoxy) is 1. The highest BCUT2D eigenvalue weighted by molar-refractivity contribution is 6.30. The summed E-state index contributed by atoms with van der Waals surface area (Å²) >= 11 is 5.91. The van der Waals surface area contributed by atoms with Crippen molar-refractivity contribution in [2.75, 3.05) is 0 Å². The molecule has 0 aliphatic rings. The summed E-state index contributed by atoms with van der Waals surface area (Å²) < 4.78 is 47.1. The summed E-state index contributed by atoms with van der Waals surface area (Å²) in [4.78, 5) is 32.9. The Hall–Kier alpha value is -4.24. The summed E-state index contributed by atoms with van der Waals surface area (Å²) in [6.45, 7) is 0.0333. The number of alkyl halides is 3. The maximum atomic E-state index is 13.1. The van der Waals surface area contributed by atoms with Gasteiger partial charge in [-0.3, -0.25) is 4.57 Å². The molecule has 1 amide bonds. The average molecular weight is 553 g/mol. The molecule has 2 atom stereocenters. The number of hydrogen-bond donors (Lipinski definition) is 2. The van der Waals surface area contributed by atoms with Crippen LogP contribution in [0.5, 0.6) is 0 Å². The molecule has 4 rings (SSSR count). The number of carbonyl (C=O) groups is 1. The van der Waals surface area contributed by atoms with Crippen molar-refractivity contribution in [3.8, 4) is 17.2 Å². The summed E-state index contributed by atoms with van der Waals surface area (Å²) in [5, 5.41) is 18.5. The standard InChI is InChI=1S/C22H20ClF3N8O4/c1-12(38-20(27)36)18-29-16(30-34(18)17-4-2-3-9-28-17)11-33-21(37)32(10-15(35)22(24,25)26)19(31-33)13-5-7-14(23)8-6-13/h2-9,12,15,35H,10-11H2,1H3,(H2,27,36)/t12-,15+/m1/s1. The number of nitrogens with zero attached hydrogens (tertiary/aromatic N) is 7. The summed E-state index contributed by atoms with van der Waals surface area (Å²) in [5.41, 5.74) is 4.46. The zero-order valence-corrected chi connectivity index (χ0v) is 20.3. The van der Waals surface area contributed by atoms with E-state index in [4.69, 9.17) is 22.1 Å². The summed E-state index contributed by atoms with van der Waals surface area (Å²) in [5.74, 6) is 0.311. The van der Waals surface area contributed by atoms with Gasteiger partial charge in [0, 0.05) is 16.8 Å². The van der Waals surface area contributed by atoms with Crippen LogP contribution in [0.3, 0.4) is 0 Å². The molecule has 0 bridgehead atoms. The van der Waals surface area contributed by atoms with Gasteiger partial charge in [0.1, 0.15) is 6.54 Å². The lowest BCUT2D eigenvalue weighted by molar-refractivity contribution is -0.207. The van der Waals surface area contributed by atoms with Gasteiger partial charge < -0.3 is 15.6 Å².